The molecule has 0 saturated heterocycles. The van der Waals surface area contributed by atoms with Gasteiger partial charge in [0, 0.05) is 0 Å². The maximum absolute atomic E-state index is 11.4. The summed E-state index contributed by atoms with van der Waals surface area (Å²) in [7, 11) is 0. The first-order valence-electron chi connectivity index (χ1n) is 6.34. The molecular weight excluding hydrogens is 312 g/mol. The second-order valence-corrected chi connectivity index (χ2v) is 3.80. The molecular formula is C15H12N6O3. The quantitative estimate of drug-likeness (QED) is 0.560. The van der Waals surface area contributed by atoms with E-state index in [0.29, 0.717) is 0 Å². The molecule has 9 nitrogen and oxygen atoms in total. The van der Waals surface area contributed by atoms with Gasteiger partial charge in [-0.05, 0) is 18.2 Å². The molecule has 0 aliphatic carbocycles. The van der Waals surface area contributed by atoms with Crippen molar-refractivity contribution in [3.63, 3.8) is 0 Å². The average molecular weight is 324 g/mol. The average Bonchev–Trinajstić information content (AvgIpc) is 2.67. The molecule has 0 aliphatic heterocycles. The molecule has 0 spiro atoms. The molecule has 2 heterocycles. The second kappa shape index (κ2) is 9.30. The lowest BCUT2D eigenvalue weighted by molar-refractivity contribution is 0.102. The van der Waals surface area contributed by atoms with Gasteiger partial charge < -0.3 is 0 Å². The zero-order valence-corrected chi connectivity index (χ0v) is 12.5. The molecule has 2 aromatic heterocycles. The first-order valence-corrected chi connectivity index (χ1v) is 6.34. The van der Waals surface area contributed by atoms with Crippen LogP contribution in [0.2, 0.25) is 0 Å². The number of allylic oxidation sites excluding steroid dienone is 3. The third kappa shape index (κ3) is 5.22. The van der Waals surface area contributed by atoms with Crippen molar-refractivity contribution in [3.8, 4) is 0 Å². The van der Waals surface area contributed by atoms with E-state index in [9.17, 15) is 14.4 Å². The van der Waals surface area contributed by atoms with Crippen LogP contribution in [0, 0.1) is 0 Å². The Morgan fingerprint density at radius 3 is 1.04 bits per heavy atom. The van der Waals surface area contributed by atoms with Gasteiger partial charge in [-0.2, -0.15) is 0 Å². The summed E-state index contributed by atoms with van der Waals surface area (Å²) in [6, 6.07) is 0. The lowest BCUT2D eigenvalue weighted by Gasteiger charge is -2.01. The van der Waals surface area contributed by atoms with Gasteiger partial charge in [-0.25, -0.2) is 29.9 Å². The number of ketones is 3. The van der Waals surface area contributed by atoms with Gasteiger partial charge in [0.1, 0.15) is 19.0 Å². The summed E-state index contributed by atoms with van der Waals surface area (Å²) in [4.78, 5) is 55.8. The van der Waals surface area contributed by atoms with Crippen LogP contribution in [0.3, 0.4) is 0 Å². The molecule has 24 heavy (non-hydrogen) atoms. The first kappa shape index (κ1) is 18.3. The number of carbonyl (C=O) groups excluding carboxylic acids is 3. The van der Waals surface area contributed by atoms with Crippen molar-refractivity contribution < 1.29 is 14.4 Å². The van der Waals surface area contributed by atoms with Crippen LogP contribution in [0.5, 0.6) is 0 Å². The lowest BCUT2D eigenvalue weighted by atomic mass is 10.3. The third-order valence-electron chi connectivity index (χ3n) is 2.25. The SMILES string of the molecule is C=CC(=O)c1nc(C(=O)C=C)nc(C(=O)C=C)n1.c1ncncn1. The van der Waals surface area contributed by atoms with Gasteiger partial charge in [-0.1, -0.05) is 19.7 Å². The molecule has 0 N–H and O–H groups in total. The third-order valence-corrected chi connectivity index (χ3v) is 2.25. The van der Waals surface area contributed by atoms with E-state index in [4.69, 9.17) is 0 Å². The molecule has 0 aromatic carbocycles. The van der Waals surface area contributed by atoms with Crippen molar-refractivity contribution in [2.75, 3.05) is 0 Å². The summed E-state index contributed by atoms with van der Waals surface area (Å²) in [5.74, 6) is -2.82. The molecule has 0 fully saturated rings. The molecule has 0 aliphatic rings. The minimum Gasteiger partial charge on any atom is -0.286 e. The number of hydrogen-bond donors (Lipinski definition) is 0. The van der Waals surface area contributed by atoms with Crippen LogP contribution in [0.4, 0.5) is 0 Å². The van der Waals surface area contributed by atoms with Gasteiger partial charge >= 0.3 is 0 Å². The maximum Gasteiger partial charge on any atom is 0.222 e. The Morgan fingerprint density at radius 2 is 0.875 bits per heavy atom. The zero-order chi connectivity index (χ0) is 17.9. The van der Waals surface area contributed by atoms with Crippen LogP contribution in [-0.2, 0) is 0 Å². The highest BCUT2D eigenvalue weighted by Gasteiger charge is 2.17. The van der Waals surface area contributed by atoms with E-state index in [-0.39, 0.29) is 17.5 Å². The molecule has 120 valence electrons. The highest BCUT2D eigenvalue weighted by Crippen LogP contribution is 2.02. The van der Waals surface area contributed by atoms with E-state index >= 15 is 0 Å². The Morgan fingerprint density at radius 1 is 0.625 bits per heavy atom. The number of nitrogens with zero attached hydrogens (tertiary/aromatic N) is 6. The van der Waals surface area contributed by atoms with Crippen molar-refractivity contribution >= 4 is 17.3 Å². The van der Waals surface area contributed by atoms with Crippen LogP contribution in [0.1, 0.15) is 31.9 Å². The normalized spacial score (nSPS) is 9.00. The largest absolute Gasteiger partial charge is 0.286 e. The fourth-order valence-corrected chi connectivity index (χ4v) is 1.19. The van der Waals surface area contributed by atoms with Crippen molar-refractivity contribution in [1.29, 1.82) is 0 Å². The van der Waals surface area contributed by atoms with Crippen molar-refractivity contribution in [1.82, 2.24) is 29.9 Å². The van der Waals surface area contributed by atoms with Gasteiger partial charge in [0.25, 0.3) is 0 Å². The summed E-state index contributed by atoms with van der Waals surface area (Å²) in [6.07, 6.45) is 7.23. The van der Waals surface area contributed by atoms with Gasteiger partial charge in [-0.15, -0.1) is 0 Å². The van der Waals surface area contributed by atoms with Crippen molar-refractivity contribution in [2.24, 2.45) is 0 Å². The van der Waals surface area contributed by atoms with Gasteiger partial charge in [-0.3, -0.25) is 14.4 Å². The van der Waals surface area contributed by atoms with E-state index in [0.717, 1.165) is 18.2 Å². The van der Waals surface area contributed by atoms with Crippen LogP contribution < -0.4 is 0 Å². The van der Waals surface area contributed by atoms with Crippen LogP contribution in [0.15, 0.2) is 56.9 Å². The van der Waals surface area contributed by atoms with Crippen LogP contribution in [-0.4, -0.2) is 47.3 Å². The minimum atomic E-state index is -0.617. The predicted molar refractivity (Wildman–Crippen MR) is 83.2 cm³/mol. The van der Waals surface area contributed by atoms with Gasteiger partial charge in [0.05, 0.1) is 0 Å². The Labute approximate surface area is 137 Å². The minimum absolute atomic E-state index is 0.324. The van der Waals surface area contributed by atoms with Crippen molar-refractivity contribution in [2.45, 2.75) is 0 Å². The van der Waals surface area contributed by atoms with E-state index in [1.165, 1.54) is 19.0 Å². The molecule has 0 amide bonds. The summed E-state index contributed by atoms with van der Waals surface area (Å²) < 4.78 is 0. The highest BCUT2D eigenvalue weighted by atomic mass is 16.1. The molecule has 0 unspecified atom stereocenters. The van der Waals surface area contributed by atoms with Crippen LogP contribution >= 0.6 is 0 Å². The topological polar surface area (TPSA) is 129 Å². The highest BCUT2D eigenvalue weighted by molar-refractivity contribution is 6.07. The summed E-state index contributed by atoms with van der Waals surface area (Å²) in [5.41, 5.74) is 0. The lowest BCUT2D eigenvalue weighted by Crippen LogP contribution is -2.16. The fraction of sp³-hybridized carbons (Fsp3) is 0. The maximum atomic E-state index is 11.4. The van der Waals surface area contributed by atoms with Crippen molar-refractivity contribution in [3.05, 3.63) is 74.4 Å². The van der Waals surface area contributed by atoms with E-state index < -0.39 is 17.3 Å². The molecule has 2 rings (SSSR count). The van der Waals surface area contributed by atoms with E-state index in [2.05, 4.69) is 49.6 Å². The van der Waals surface area contributed by atoms with E-state index in [1.54, 1.807) is 0 Å². The first-order chi connectivity index (χ1) is 11.5. The van der Waals surface area contributed by atoms with Gasteiger partial charge in [0.15, 0.2) is 0 Å². The number of carbonyl (C=O) groups is 3. The van der Waals surface area contributed by atoms with Crippen LogP contribution in [0.25, 0.3) is 0 Å². The molecule has 0 atom stereocenters. The standard InChI is InChI=1S/C12H9N3O3.C3H3N3/c1-4-7(16)10-13-11(8(17)5-2)15-12(14-10)9(18)6-3;1-4-2-6-3-5-1/h4-6H,1-3H2;1-3H. The number of rotatable bonds is 6. The monoisotopic (exact) mass is 324 g/mol. The molecule has 0 radical (unpaired) electrons. The fourth-order valence-electron chi connectivity index (χ4n) is 1.19. The Hall–Kier alpha value is -3.75. The van der Waals surface area contributed by atoms with Gasteiger partial charge in [0.2, 0.25) is 34.8 Å². The smallest absolute Gasteiger partial charge is 0.222 e. The molecule has 2 aromatic rings. The number of aromatic nitrogens is 6. The zero-order valence-electron chi connectivity index (χ0n) is 12.5. The second-order valence-electron chi connectivity index (χ2n) is 3.80. The summed E-state index contributed by atoms with van der Waals surface area (Å²) in [6.45, 7) is 9.80. The summed E-state index contributed by atoms with van der Waals surface area (Å²) in [5, 5.41) is 0. The number of hydrogen-bond acceptors (Lipinski definition) is 9. The molecule has 0 bridgehead atoms. The predicted octanol–water partition coefficient (Wildman–Crippen LogP) is 0.849. The summed E-state index contributed by atoms with van der Waals surface area (Å²) >= 11 is 0. The molecule has 9 heteroatoms. The Balaban J connectivity index is 0.000000400. The Kier molecular flexibility index (Phi) is 7.09. The van der Waals surface area contributed by atoms with E-state index in [1.807, 2.05) is 0 Å². The Bertz CT molecular complexity index is 669. The molecule has 0 saturated carbocycles.